The van der Waals surface area contributed by atoms with E-state index in [-0.39, 0.29) is 6.04 Å². The first-order valence-corrected chi connectivity index (χ1v) is 10.1. The third kappa shape index (κ3) is 4.53. The minimum Gasteiger partial charge on any atom is -0.465 e. The zero-order valence-electron chi connectivity index (χ0n) is 16.9. The Morgan fingerprint density at radius 3 is 2.55 bits per heavy atom. The van der Waals surface area contributed by atoms with E-state index in [9.17, 15) is 9.90 Å². The number of aromatic amines is 1. The second-order valence-electron chi connectivity index (χ2n) is 8.63. The normalized spacial score (nSPS) is 16.6. The maximum atomic E-state index is 11.9. The lowest BCUT2D eigenvalue weighted by Crippen LogP contribution is -2.42. The highest BCUT2D eigenvalue weighted by Crippen LogP contribution is 2.37. The van der Waals surface area contributed by atoms with E-state index < -0.39 is 6.09 Å². The SMILES string of the molecule is CC1(C)CCC(N(Cc2ccc(Oc3ccc4[nH]cnc4c3)cc2)C(=O)O)CC1. The highest BCUT2D eigenvalue weighted by molar-refractivity contribution is 5.76. The number of nitrogens with one attached hydrogen (secondary N) is 1. The molecule has 29 heavy (non-hydrogen) atoms. The summed E-state index contributed by atoms with van der Waals surface area (Å²) in [5.74, 6) is 1.43. The van der Waals surface area contributed by atoms with Crippen LogP contribution in [-0.4, -0.2) is 32.1 Å². The van der Waals surface area contributed by atoms with E-state index in [0.29, 0.717) is 23.5 Å². The average molecular weight is 393 g/mol. The highest BCUT2D eigenvalue weighted by Gasteiger charge is 2.32. The van der Waals surface area contributed by atoms with Gasteiger partial charge in [-0.1, -0.05) is 26.0 Å². The third-order valence-electron chi connectivity index (χ3n) is 5.90. The van der Waals surface area contributed by atoms with Gasteiger partial charge >= 0.3 is 6.09 Å². The van der Waals surface area contributed by atoms with Crippen LogP contribution in [0, 0.1) is 5.41 Å². The van der Waals surface area contributed by atoms with Crippen molar-refractivity contribution in [3.8, 4) is 11.5 Å². The predicted octanol–water partition coefficient (Wildman–Crippen LogP) is 5.80. The van der Waals surface area contributed by atoms with Gasteiger partial charge in [0.2, 0.25) is 0 Å². The molecule has 1 aliphatic rings. The van der Waals surface area contributed by atoms with Gasteiger partial charge in [0.1, 0.15) is 11.5 Å². The molecule has 1 amide bonds. The number of carboxylic acid groups (broad SMARTS) is 1. The summed E-state index contributed by atoms with van der Waals surface area (Å²) in [4.78, 5) is 20.7. The molecule has 0 saturated heterocycles. The first kappa shape index (κ1) is 19.3. The Kier molecular flexibility index (Phi) is 5.18. The van der Waals surface area contributed by atoms with E-state index in [1.54, 1.807) is 11.2 Å². The summed E-state index contributed by atoms with van der Waals surface area (Å²) in [6, 6.07) is 13.4. The number of nitrogens with zero attached hydrogens (tertiary/aromatic N) is 2. The number of hydrogen-bond acceptors (Lipinski definition) is 3. The van der Waals surface area contributed by atoms with Gasteiger partial charge < -0.3 is 19.7 Å². The summed E-state index contributed by atoms with van der Waals surface area (Å²) < 4.78 is 5.92. The monoisotopic (exact) mass is 393 g/mol. The molecule has 1 fully saturated rings. The Balaban J connectivity index is 1.41. The van der Waals surface area contributed by atoms with E-state index in [2.05, 4.69) is 23.8 Å². The minimum absolute atomic E-state index is 0.0945. The first-order chi connectivity index (χ1) is 13.9. The van der Waals surface area contributed by atoms with Gasteiger partial charge in [-0.2, -0.15) is 0 Å². The summed E-state index contributed by atoms with van der Waals surface area (Å²) in [5.41, 5.74) is 3.10. The molecule has 2 N–H and O–H groups in total. The minimum atomic E-state index is -0.845. The number of benzene rings is 2. The number of carbonyl (C=O) groups is 1. The van der Waals surface area contributed by atoms with Crippen LogP contribution in [-0.2, 0) is 6.54 Å². The zero-order valence-corrected chi connectivity index (χ0v) is 16.9. The molecular formula is C23H27N3O3. The lowest BCUT2D eigenvalue weighted by molar-refractivity contribution is 0.0852. The van der Waals surface area contributed by atoms with Crippen LogP contribution < -0.4 is 4.74 Å². The van der Waals surface area contributed by atoms with Crippen LogP contribution >= 0.6 is 0 Å². The second-order valence-corrected chi connectivity index (χ2v) is 8.63. The molecule has 152 valence electrons. The van der Waals surface area contributed by atoms with Crippen molar-refractivity contribution in [2.24, 2.45) is 5.41 Å². The fourth-order valence-electron chi connectivity index (χ4n) is 4.02. The molecule has 0 aliphatic heterocycles. The quantitative estimate of drug-likeness (QED) is 0.574. The molecule has 0 spiro atoms. The van der Waals surface area contributed by atoms with Crippen LogP contribution in [0.3, 0.4) is 0 Å². The molecule has 1 heterocycles. The van der Waals surface area contributed by atoms with Crippen molar-refractivity contribution in [3.63, 3.8) is 0 Å². The van der Waals surface area contributed by atoms with Crippen molar-refractivity contribution in [3.05, 3.63) is 54.4 Å². The van der Waals surface area contributed by atoms with Crippen LogP contribution in [0.15, 0.2) is 48.8 Å². The fourth-order valence-corrected chi connectivity index (χ4v) is 4.02. The van der Waals surface area contributed by atoms with Crippen molar-refractivity contribution < 1.29 is 14.6 Å². The summed E-state index contributed by atoms with van der Waals surface area (Å²) in [5, 5.41) is 9.73. The van der Waals surface area contributed by atoms with Crippen LogP contribution in [0.4, 0.5) is 4.79 Å². The Morgan fingerprint density at radius 1 is 1.17 bits per heavy atom. The Labute approximate surface area is 170 Å². The van der Waals surface area contributed by atoms with E-state index in [4.69, 9.17) is 4.74 Å². The van der Waals surface area contributed by atoms with Crippen molar-refractivity contribution in [2.45, 2.75) is 52.1 Å². The van der Waals surface area contributed by atoms with Crippen molar-refractivity contribution in [1.82, 2.24) is 14.9 Å². The van der Waals surface area contributed by atoms with Gasteiger partial charge in [-0.3, -0.25) is 0 Å². The lowest BCUT2D eigenvalue weighted by Gasteiger charge is -2.39. The molecule has 3 aromatic rings. The predicted molar refractivity (Wildman–Crippen MR) is 112 cm³/mol. The fraction of sp³-hybridized carbons (Fsp3) is 0.391. The molecular weight excluding hydrogens is 366 g/mol. The largest absolute Gasteiger partial charge is 0.465 e. The summed E-state index contributed by atoms with van der Waals surface area (Å²) in [6.07, 6.45) is 4.79. The maximum absolute atomic E-state index is 11.9. The molecule has 0 radical (unpaired) electrons. The molecule has 0 bridgehead atoms. The van der Waals surface area contributed by atoms with Gasteiger partial charge in [0.15, 0.2) is 0 Å². The first-order valence-electron chi connectivity index (χ1n) is 10.1. The maximum Gasteiger partial charge on any atom is 0.407 e. The smallest absolute Gasteiger partial charge is 0.407 e. The summed E-state index contributed by atoms with van der Waals surface area (Å²) in [6.45, 7) is 4.92. The van der Waals surface area contributed by atoms with Gasteiger partial charge in [0.05, 0.1) is 17.4 Å². The van der Waals surface area contributed by atoms with Crippen LogP contribution in [0.25, 0.3) is 11.0 Å². The molecule has 6 nitrogen and oxygen atoms in total. The van der Waals surface area contributed by atoms with Crippen LogP contribution in [0.2, 0.25) is 0 Å². The van der Waals surface area contributed by atoms with Crippen LogP contribution in [0.1, 0.15) is 45.1 Å². The Bertz CT molecular complexity index is 984. The molecule has 1 aliphatic carbocycles. The molecule has 1 saturated carbocycles. The Morgan fingerprint density at radius 2 is 1.86 bits per heavy atom. The van der Waals surface area contributed by atoms with Gasteiger partial charge in [0, 0.05) is 18.7 Å². The van der Waals surface area contributed by atoms with Crippen LogP contribution in [0.5, 0.6) is 11.5 Å². The van der Waals surface area contributed by atoms with Crippen molar-refractivity contribution >= 4 is 17.1 Å². The zero-order chi connectivity index (χ0) is 20.4. The topological polar surface area (TPSA) is 78.5 Å². The summed E-state index contributed by atoms with van der Waals surface area (Å²) in [7, 11) is 0. The number of imidazole rings is 1. The van der Waals surface area contributed by atoms with E-state index in [1.165, 1.54) is 0 Å². The van der Waals surface area contributed by atoms with Gasteiger partial charge in [-0.15, -0.1) is 0 Å². The van der Waals surface area contributed by atoms with E-state index in [0.717, 1.165) is 42.3 Å². The Hall–Kier alpha value is -3.02. The molecule has 2 aromatic carbocycles. The molecule has 0 unspecified atom stereocenters. The lowest BCUT2D eigenvalue weighted by atomic mass is 9.75. The number of fused-ring (bicyclic) bond motifs is 1. The molecule has 1 aromatic heterocycles. The van der Waals surface area contributed by atoms with Gasteiger partial charge in [-0.05, 0) is 60.9 Å². The van der Waals surface area contributed by atoms with Crippen molar-refractivity contribution in [2.75, 3.05) is 0 Å². The highest BCUT2D eigenvalue weighted by atomic mass is 16.5. The third-order valence-corrected chi connectivity index (χ3v) is 5.90. The molecule has 4 rings (SSSR count). The summed E-state index contributed by atoms with van der Waals surface area (Å²) >= 11 is 0. The van der Waals surface area contributed by atoms with E-state index in [1.807, 2.05) is 42.5 Å². The second kappa shape index (κ2) is 7.78. The number of amides is 1. The standard InChI is InChI=1S/C23H27N3O3/c1-23(2)11-9-17(10-12-23)26(22(27)28)14-16-3-5-18(6-4-16)29-19-7-8-20-21(13-19)25-15-24-20/h3-8,13,15,17H,9-12,14H2,1-2H3,(H,24,25)(H,27,28). The number of ether oxygens (including phenoxy) is 1. The van der Waals surface area contributed by atoms with Gasteiger partial charge in [-0.25, -0.2) is 9.78 Å². The number of H-pyrrole nitrogens is 1. The molecule has 0 atom stereocenters. The number of aromatic nitrogens is 2. The number of hydrogen-bond donors (Lipinski definition) is 2. The van der Waals surface area contributed by atoms with E-state index >= 15 is 0 Å². The average Bonchev–Trinajstić information content (AvgIpc) is 3.15. The molecule has 6 heteroatoms. The number of rotatable bonds is 5. The van der Waals surface area contributed by atoms with Gasteiger partial charge in [0.25, 0.3) is 0 Å². The van der Waals surface area contributed by atoms with Crippen molar-refractivity contribution in [1.29, 1.82) is 0 Å².